The Morgan fingerprint density at radius 2 is 1.30 bits per heavy atom. The predicted molar refractivity (Wildman–Crippen MR) is 223 cm³/mol. The number of nitrogens with two attached hydrogens (primary N) is 1. The fourth-order valence-electron chi connectivity index (χ4n) is 6.66. The molecule has 1 heterocycles. The van der Waals surface area contributed by atoms with Gasteiger partial charge in [-0.15, -0.1) is 0 Å². The molecule has 0 spiro atoms. The zero-order chi connectivity index (χ0) is 47.6. The average molecular weight is 891 g/mol. The molecule has 1 aliphatic heterocycles. The van der Waals surface area contributed by atoms with E-state index in [0.717, 1.165) is 0 Å². The van der Waals surface area contributed by atoms with E-state index in [4.69, 9.17) is 5.73 Å². The molecule has 0 radical (unpaired) electrons. The highest BCUT2D eigenvalue weighted by molar-refractivity contribution is 5.97. The van der Waals surface area contributed by atoms with Gasteiger partial charge in [-0.05, 0) is 68.6 Å². The molecule has 0 aliphatic carbocycles. The van der Waals surface area contributed by atoms with Crippen LogP contribution < -0.4 is 37.6 Å². The molecule has 1 aromatic carbocycles. The van der Waals surface area contributed by atoms with Gasteiger partial charge < -0.3 is 63.0 Å². The minimum atomic E-state index is -1.58. The number of amides is 7. The van der Waals surface area contributed by atoms with Crippen LogP contribution >= 0.6 is 0 Å². The maximum atomic E-state index is 13.9. The highest BCUT2D eigenvalue weighted by atomic mass is 16.4. The Morgan fingerprint density at radius 1 is 0.746 bits per heavy atom. The van der Waals surface area contributed by atoms with E-state index in [9.17, 15) is 68.4 Å². The molecule has 8 atom stereocenters. The van der Waals surface area contributed by atoms with Crippen LogP contribution in [0.25, 0.3) is 0 Å². The lowest BCUT2D eigenvalue weighted by Gasteiger charge is -2.32. The largest absolute Gasteiger partial charge is 0.508 e. The van der Waals surface area contributed by atoms with Crippen LogP contribution in [0.2, 0.25) is 0 Å². The standard InChI is InChI=1S/C41H62N8O14/c1-6-22(4)34(48-31(51)20-43-36(57)26(42)18-21(2)3)40(61)49-17-7-8-30(49)39(60)46-27(13-15-32(52)53)37(58)44-23(5)35(56)45-28(14-16-33(54)55)38(59)47-29(41(62)63)19-24-9-11-25(50)12-10-24/h9-12,21-23,26-30,34,50H,6-8,13-20,42H2,1-5H3,(H,43,57)(H,44,58)(H,45,56)(H,46,60)(H,47,59)(H,48,51)(H,52,53)(H,54,55)(H,62,63)/t22-,23-,26-,27-,28-,29-,30-,34-/m0/s1. The Morgan fingerprint density at radius 3 is 1.84 bits per heavy atom. The molecule has 0 bridgehead atoms. The number of hydrogen-bond acceptors (Lipinski definition) is 12. The van der Waals surface area contributed by atoms with E-state index in [-0.39, 0.29) is 31.1 Å². The molecule has 22 nitrogen and oxygen atoms in total. The summed E-state index contributed by atoms with van der Waals surface area (Å²) in [6.45, 7) is 8.17. The molecule has 350 valence electrons. The monoisotopic (exact) mass is 890 g/mol. The first-order chi connectivity index (χ1) is 29.5. The number of aromatic hydroxyl groups is 1. The van der Waals surface area contributed by atoms with Crippen LogP contribution in [0, 0.1) is 11.8 Å². The third-order valence-electron chi connectivity index (χ3n) is 10.4. The number of nitrogens with zero attached hydrogens (tertiary/aromatic N) is 1. The van der Waals surface area contributed by atoms with Crippen LogP contribution in [0.4, 0.5) is 0 Å². The SMILES string of the molecule is CC[C@H](C)[C@H](NC(=O)CNC(=O)[C@@H](N)CC(C)C)C(=O)N1CCC[C@H]1C(=O)N[C@@H](CCC(=O)O)C(=O)N[C@@H](C)C(=O)N[C@@H](CCC(=O)O)C(=O)N[C@@H](Cc1ccc(O)cc1)C(=O)O. The fraction of sp³-hybridized carbons (Fsp3) is 0.610. The van der Waals surface area contributed by atoms with Gasteiger partial charge >= 0.3 is 17.9 Å². The van der Waals surface area contributed by atoms with Crippen molar-refractivity contribution in [2.45, 2.75) is 135 Å². The second-order valence-electron chi connectivity index (χ2n) is 16.1. The van der Waals surface area contributed by atoms with Gasteiger partial charge in [0.1, 0.15) is 42.0 Å². The highest BCUT2D eigenvalue weighted by Crippen LogP contribution is 2.22. The molecule has 1 aromatic rings. The Kier molecular flexibility index (Phi) is 21.4. The molecule has 1 aliphatic rings. The Labute approximate surface area is 364 Å². The van der Waals surface area contributed by atoms with Crippen molar-refractivity contribution in [2.75, 3.05) is 13.1 Å². The maximum absolute atomic E-state index is 13.9. The molecule has 1 saturated heterocycles. The number of carboxylic acids is 3. The summed E-state index contributed by atoms with van der Waals surface area (Å²) in [5, 5.41) is 52.5. The molecule has 63 heavy (non-hydrogen) atoms. The zero-order valence-electron chi connectivity index (χ0n) is 36.2. The average Bonchev–Trinajstić information content (AvgIpc) is 3.71. The summed E-state index contributed by atoms with van der Waals surface area (Å²) in [5.74, 6) is -10.1. The third-order valence-corrected chi connectivity index (χ3v) is 10.4. The second-order valence-corrected chi connectivity index (χ2v) is 16.1. The number of phenolic OH excluding ortho intramolecular Hbond substituents is 1. The Hall–Kier alpha value is -6.32. The lowest BCUT2D eigenvalue weighted by atomic mass is 9.97. The smallest absolute Gasteiger partial charge is 0.326 e. The molecule has 0 unspecified atom stereocenters. The van der Waals surface area contributed by atoms with Crippen molar-refractivity contribution in [1.29, 1.82) is 0 Å². The number of nitrogens with one attached hydrogen (secondary N) is 6. The van der Waals surface area contributed by atoms with Gasteiger partial charge in [0.25, 0.3) is 0 Å². The highest BCUT2D eigenvalue weighted by Gasteiger charge is 2.40. The maximum Gasteiger partial charge on any atom is 0.326 e. The van der Waals surface area contributed by atoms with Crippen LogP contribution in [0.5, 0.6) is 5.75 Å². The molecular weight excluding hydrogens is 828 g/mol. The van der Waals surface area contributed by atoms with Crippen molar-refractivity contribution < 1.29 is 68.4 Å². The third kappa shape index (κ3) is 17.9. The van der Waals surface area contributed by atoms with E-state index < -0.39 is 140 Å². The second kappa shape index (κ2) is 25.6. The van der Waals surface area contributed by atoms with Gasteiger partial charge in [0.2, 0.25) is 41.4 Å². The normalized spacial score (nSPS) is 16.8. The minimum absolute atomic E-state index is 0.0750. The number of aliphatic carboxylic acids is 3. The first-order valence-corrected chi connectivity index (χ1v) is 20.8. The first kappa shape index (κ1) is 52.8. The van der Waals surface area contributed by atoms with E-state index in [1.54, 1.807) is 13.8 Å². The molecule has 0 aromatic heterocycles. The zero-order valence-corrected chi connectivity index (χ0v) is 36.2. The molecule has 7 amide bonds. The number of phenols is 1. The van der Waals surface area contributed by atoms with Crippen molar-refractivity contribution in [1.82, 2.24) is 36.8 Å². The van der Waals surface area contributed by atoms with E-state index in [1.807, 2.05) is 13.8 Å². The molecular formula is C41H62N8O14. The van der Waals surface area contributed by atoms with Crippen LogP contribution in [0.1, 0.15) is 91.5 Å². The van der Waals surface area contributed by atoms with Gasteiger partial charge in [0.15, 0.2) is 0 Å². The number of carboxylic acid groups (broad SMARTS) is 3. The predicted octanol–water partition coefficient (Wildman–Crippen LogP) is -1.28. The van der Waals surface area contributed by atoms with Crippen molar-refractivity contribution >= 4 is 59.3 Å². The molecule has 12 N–H and O–H groups in total. The quantitative estimate of drug-likeness (QED) is 0.0516. The van der Waals surface area contributed by atoms with Gasteiger partial charge in [-0.2, -0.15) is 0 Å². The number of carbonyl (C=O) groups is 10. The van der Waals surface area contributed by atoms with Gasteiger partial charge in [-0.1, -0.05) is 46.2 Å². The number of hydrogen-bond donors (Lipinski definition) is 11. The van der Waals surface area contributed by atoms with Crippen molar-refractivity contribution in [3.05, 3.63) is 29.8 Å². The van der Waals surface area contributed by atoms with Gasteiger partial charge in [-0.25, -0.2) is 4.79 Å². The molecule has 2 rings (SSSR count). The lowest BCUT2D eigenvalue weighted by Crippen LogP contribution is -2.59. The van der Waals surface area contributed by atoms with Crippen LogP contribution in [0.15, 0.2) is 24.3 Å². The Balaban J connectivity index is 2.18. The summed E-state index contributed by atoms with van der Waals surface area (Å²) in [6, 6.07) is -3.67. The van der Waals surface area contributed by atoms with E-state index >= 15 is 0 Å². The van der Waals surface area contributed by atoms with Crippen molar-refractivity contribution in [3.63, 3.8) is 0 Å². The summed E-state index contributed by atoms with van der Waals surface area (Å²) < 4.78 is 0. The molecule has 1 fully saturated rings. The Bertz CT molecular complexity index is 1810. The van der Waals surface area contributed by atoms with Gasteiger partial charge in [-0.3, -0.25) is 43.2 Å². The first-order valence-electron chi connectivity index (χ1n) is 20.8. The topological polar surface area (TPSA) is 353 Å². The van der Waals surface area contributed by atoms with Gasteiger partial charge in [0, 0.05) is 25.8 Å². The summed E-state index contributed by atoms with van der Waals surface area (Å²) >= 11 is 0. The van der Waals surface area contributed by atoms with Crippen LogP contribution in [0.3, 0.4) is 0 Å². The number of likely N-dealkylation sites (tertiary alicyclic amines) is 1. The summed E-state index contributed by atoms with van der Waals surface area (Å²) in [6.07, 6.45) is -0.981. The van der Waals surface area contributed by atoms with Crippen molar-refractivity contribution in [2.24, 2.45) is 17.6 Å². The fourth-order valence-corrected chi connectivity index (χ4v) is 6.66. The summed E-state index contributed by atoms with van der Waals surface area (Å²) in [4.78, 5) is 129. The number of rotatable bonds is 26. The van der Waals surface area contributed by atoms with Crippen LogP contribution in [-0.4, -0.2) is 140 Å². The van der Waals surface area contributed by atoms with E-state index in [0.29, 0.717) is 24.8 Å². The molecule has 22 heteroatoms. The number of benzene rings is 1. The van der Waals surface area contributed by atoms with E-state index in [1.165, 1.54) is 36.1 Å². The van der Waals surface area contributed by atoms with E-state index in [2.05, 4.69) is 31.9 Å². The number of carbonyl (C=O) groups excluding carboxylic acids is 7. The molecule has 0 saturated carbocycles. The minimum Gasteiger partial charge on any atom is -0.508 e. The van der Waals surface area contributed by atoms with Gasteiger partial charge in [0.05, 0.1) is 12.6 Å². The van der Waals surface area contributed by atoms with Crippen LogP contribution in [-0.2, 0) is 54.4 Å². The van der Waals surface area contributed by atoms with Crippen molar-refractivity contribution in [3.8, 4) is 5.75 Å². The summed E-state index contributed by atoms with van der Waals surface area (Å²) in [7, 11) is 0. The summed E-state index contributed by atoms with van der Waals surface area (Å²) in [5.41, 5.74) is 6.33. The lowest BCUT2D eigenvalue weighted by molar-refractivity contribution is -0.143.